The molecule has 0 aromatic rings. The minimum Gasteiger partial charge on any atom is -1.00 e. The quantitative estimate of drug-likeness (QED) is 0.413. The minimum atomic E-state index is 0. The molecular weight excluding hydrogens is 217 g/mol. The van der Waals surface area contributed by atoms with Gasteiger partial charge in [-0.1, -0.05) is 78.6 Å². The number of unbranched alkanes of at least 4 members (excludes halogenated alkanes) is 9. The zero-order valence-corrected chi connectivity index (χ0v) is 14.9. The molecule has 17 heavy (non-hydrogen) atoms. The van der Waals surface area contributed by atoms with Gasteiger partial charge in [0, 0.05) is 6.04 Å². The molecule has 0 saturated heterocycles. The van der Waals surface area contributed by atoms with Crippen LogP contribution in [0.2, 0.25) is 0 Å². The SMILES string of the molecule is CCCCCCCCCCCCNC(C)C.[H-].[Na+]. The summed E-state index contributed by atoms with van der Waals surface area (Å²) in [5.74, 6) is 0. The van der Waals surface area contributed by atoms with Gasteiger partial charge < -0.3 is 6.74 Å². The summed E-state index contributed by atoms with van der Waals surface area (Å²) >= 11 is 0. The second kappa shape index (κ2) is 17.0. The number of rotatable bonds is 12. The fourth-order valence-corrected chi connectivity index (χ4v) is 2.00. The summed E-state index contributed by atoms with van der Waals surface area (Å²) in [7, 11) is 0. The van der Waals surface area contributed by atoms with E-state index in [1.54, 1.807) is 0 Å². The van der Waals surface area contributed by atoms with Crippen LogP contribution in [0.4, 0.5) is 0 Å². The first-order valence-electron chi connectivity index (χ1n) is 7.50. The van der Waals surface area contributed by atoms with Crippen molar-refractivity contribution >= 4 is 0 Å². The van der Waals surface area contributed by atoms with Crippen molar-refractivity contribution in [2.24, 2.45) is 0 Å². The van der Waals surface area contributed by atoms with Gasteiger partial charge in [-0.05, 0) is 13.0 Å². The molecule has 1 nitrogen and oxygen atoms in total. The van der Waals surface area contributed by atoms with Crippen LogP contribution < -0.4 is 34.9 Å². The topological polar surface area (TPSA) is 12.0 Å². The second-order valence-corrected chi connectivity index (χ2v) is 5.29. The monoisotopic (exact) mass is 251 g/mol. The number of hydrogen-bond donors (Lipinski definition) is 1. The molecule has 0 fully saturated rings. The smallest absolute Gasteiger partial charge is 1.00 e. The van der Waals surface area contributed by atoms with Gasteiger partial charge in [-0.3, -0.25) is 0 Å². The van der Waals surface area contributed by atoms with E-state index in [1.165, 1.54) is 70.8 Å². The van der Waals surface area contributed by atoms with Crippen molar-refractivity contribution in [2.45, 2.75) is 91.0 Å². The van der Waals surface area contributed by atoms with Crippen molar-refractivity contribution in [3.8, 4) is 0 Å². The fraction of sp³-hybridized carbons (Fsp3) is 1.00. The Balaban J connectivity index is -0.00000112. The van der Waals surface area contributed by atoms with Gasteiger partial charge in [-0.2, -0.15) is 0 Å². The van der Waals surface area contributed by atoms with Gasteiger partial charge in [0.15, 0.2) is 0 Å². The van der Waals surface area contributed by atoms with Gasteiger partial charge in [0.25, 0.3) is 0 Å². The fourth-order valence-electron chi connectivity index (χ4n) is 2.00. The summed E-state index contributed by atoms with van der Waals surface area (Å²) in [6.45, 7) is 7.92. The van der Waals surface area contributed by atoms with Crippen molar-refractivity contribution < 1.29 is 31.0 Å². The molecule has 0 unspecified atom stereocenters. The molecule has 0 aliphatic heterocycles. The first kappa shape index (κ1) is 20.3. The van der Waals surface area contributed by atoms with Gasteiger partial charge in [-0.25, -0.2) is 0 Å². The Bertz CT molecular complexity index is 132. The third-order valence-electron chi connectivity index (χ3n) is 3.08. The summed E-state index contributed by atoms with van der Waals surface area (Å²) in [5.41, 5.74) is 0. The van der Waals surface area contributed by atoms with E-state index < -0.39 is 0 Å². The van der Waals surface area contributed by atoms with Crippen LogP contribution in [0.1, 0.15) is 86.4 Å². The molecule has 0 spiro atoms. The predicted molar refractivity (Wildman–Crippen MR) is 76.1 cm³/mol. The van der Waals surface area contributed by atoms with Crippen molar-refractivity contribution in [3.05, 3.63) is 0 Å². The largest absolute Gasteiger partial charge is 1.00 e. The van der Waals surface area contributed by atoms with Crippen LogP contribution in [0.3, 0.4) is 0 Å². The zero-order chi connectivity index (χ0) is 12.1. The van der Waals surface area contributed by atoms with Crippen LogP contribution in [0.5, 0.6) is 0 Å². The van der Waals surface area contributed by atoms with Crippen LogP contribution in [-0.2, 0) is 0 Å². The first-order chi connectivity index (χ1) is 7.77. The average Bonchev–Trinajstić information content (AvgIpc) is 2.25. The molecule has 0 atom stereocenters. The molecular formula is C15H34NNa. The van der Waals surface area contributed by atoms with Crippen LogP contribution in [0, 0.1) is 0 Å². The third kappa shape index (κ3) is 19.5. The minimum absolute atomic E-state index is 0. The van der Waals surface area contributed by atoms with E-state index in [-0.39, 0.29) is 31.0 Å². The van der Waals surface area contributed by atoms with Crippen molar-refractivity contribution in [1.82, 2.24) is 5.32 Å². The van der Waals surface area contributed by atoms with Crippen LogP contribution in [0.15, 0.2) is 0 Å². The third-order valence-corrected chi connectivity index (χ3v) is 3.08. The van der Waals surface area contributed by atoms with E-state index in [4.69, 9.17) is 0 Å². The van der Waals surface area contributed by atoms with E-state index in [9.17, 15) is 0 Å². The van der Waals surface area contributed by atoms with E-state index in [0.29, 0.717) is 6.04 Å². The Morgan fingerprint density at radius 1 is 0.765 bits per heavy atom. The van der Waals surface area contributed by atoms with E-state index in [0.717, 1.165) is 0 Å². The Kier molecular flexibility index (Phi) is 20.2. The second-order valence-electron chi connectivity index (χ2n) is 5.29. The summed E-state index contributed by atoms with van der Waals surface area (Å²) in [6.07, 6.45) is 14.3. The maximum absolute atomic E-state index is 3.47. The van der Waals surface area contributed by atoms with Crippen LogP contribution >= 0.6 is 0 Å². The Hall–Kier alpha value is 0.960. The molecule has 0 aromatic carbocycles. The Morgan fingerprint density at radius 3 is 1.59 bits per heavy atom. The number of hydrogen-bond acceptors (Lipinski definition) is 1. The van der Waals surface area contributed by atoms with Crippen molar-refractivity contribution in [2.75, 3.05) is 6.54 Å². The maximum Gasteiger partial charge on any atom is 1.00 e. The van der Waals surface area contributed by atoms with Crippen molar-refractivity contribution in [1.29, 1.82) is 0 Å². The maximum atomic E-state index is 3.47. The molecule has 0 saturated carbocycles. The molecule has 100 valence electrons. The van der Waals surface area contributed by atoms with E-state index >= 15 is 0 Å². The molecule has 1 N–H and O–H groups in total. The summed E-state index contributed by atoms with van der Waals surface area (Å²) in [4.78, 5) is 0. The van der Waals surface area contributed by atoms with E-state index in [2.05, 4.69) is 26.1 Å². The predicted octanol–water partition coefficient (Wildman–Crippen LogP) is 2.02. The van der Waals surface area contributed by atoms with Crippen LogP contribution in [0.25, 0.3) is 0 Å². The van der Waals surface area contributed by atoms with Gasteiger partial charge >= 0.3 is 29.6 Å². The average molecular weight is 251 g/mol. The van der Waals surface area contributed by atoms with Crippen LogP contribution in [-0.4, -0.2) is 12.6 Å². The molecule has 0 amide bonds. The first-order valence-corrected chi connectivity index (χ1v) is 7.50. The van der Waals surface area contributed by atoms with E-state index in [1.807, 2.05) is 0 Å². The zero-order valence-electron chi connectivity index (χ0n) is 13.9. The molecule has 0 radical (unpaired) electrons. The van der Waals surface area contributed by atoms with Gasteiger partial charge in [0.2, 0.25) is 0 Å². The standard InChI is InChI=1S/C15H33N.Na.H/c1-4-5-6-7-8-9-10-11-12-13-14-16-15(2)3;;/h15-16H,4-14H2,1-3H3;;/q;+1;-1. The van der Waals surface area contributed by atoms with Crippen molar-refractivity contribution in [3.63, 3.8) is 0 Å². The molecule has 0 heterocycles. The molecule has 0 aromatic heterocycles. The normalized spacial score (nSPS) is 10.6. The Morgan fingerprint density at radius 2 is 1.18 bits per heavy atom. The van der Waals surface area contributed by atoms with Gasteiger partial charge in [-0.15, -0.1) is 0 Å². The van der Waals surface area contributed by atoms with Gasteiger partial charge in [0.1, 0.15) is 0 Å². The summed E-state index contributed by atoms with van der Waals surface area (Å²) in [6, 6.07) is 0.651. The summed E-state index contributed by atoms with van der Waals surface area (Å²) in [5, 5.41) is 3.47. The molecule has 0 bridgehead atoms. The number of nitrogens with one attached hydrogen (secondary N) is 1. The van der Waals surface area contributed by atoms with Gasteiger partial charge in [0.05, 0.1) is 0 Å². The molecule has 0 aliphatic carbocycles. The summed E-state index contributed by atoms with van der Waals surface area (Å²) < 4.78 is 0. The molecule has 0 aliphatic rings. The Labute approximate surface area is 133 Å². The molecule has 2 heteroatoms. The molecule has 0 rings (SSSR count).